The first-order valence-electron chi connectivity index (χ1n) is 13.1. The van der Waals surface area contributed by atoms with E-state index in [0.717, 1.165) is 44.1 Å². The van der Waals surface area contributed by atoms with Crippen molar-refractivity contribution in [2.24, 2.45) is 33.0 Å². The summed E-state index contributed by atoms with van der Waals surface area (Å²) in [4.78, 5) is 29.0. The van der Waals surface area contributed by atoms with Gasteiger partial charge in [-0.05, 0) is 78.9 Å². The highest BCUT2D eigenvalue weighted by Crippen LogP contribution is 2.77. The van der Waals surface area contributed by atoms with Gasteiger partial charge in [-0.25, -0.2) is 0 Å². The molecule has 2 aliphatic heterocycles. The molecule has 1 saturated heterocycles. The molecule has 2 bridgehead atoms. The molecular weight excluding hydrogens is 424 g/mol. The maximum absolute atomic E-state index is 14.4. The smallest absolute Gasteiger partial charge is 0.264 e. The van der Waals surface area contributed by atoms with Crippen molar-refractivity contribution in [2.45, 2.75) is 91.2 Å². The number of hydrogen-bond acceptors (Lipinski definition) is 4. The van der Waals surface area contributed by atoms with Gasteiger partial charge in [-0.1, -0.05) is 34.6 Å². The number of hydrogen-bond donors (Lipinski definition) is 0. The van der Waals surface area contributed by atoms with Crippen molar-refractivity contribution in [1.82, 2.24) is 4.90 Å². The number of fused-ring (bicyclic) bond motifs is 4. The zero-order valence-electron chi connectivity index (χ0n) is 21.6. The molecule has 4 aliphatic carbocycles. The Kier molecular flexibility index (Phi) is 4.14. The van der Waals surface area contributed by atoms with E-state index < -0.39 is 11.0 Å². The third kappa shape index (κ3) is 2.22. The number of amides is 1. The Hall–Kier alpha value is -1.93. The molecule has 6 rings (SSSR count). The Labute approximate surface area is 203 Å². The number of rotatable bonds is 0. The number of likely N-dealkylation sites (N-methyl/N-ethyl adjacent to an activating group) is 1. The highest BCUT2D eigenvalue weighted by molar-refractivity contribution is 6.02. The fourth-order valence-electron chi connectivity index (χ4n) is 9.84. The number of ketones is 1. The van der Waals surface area contributed by atoms with Gasteiger partial charge in [0.15, 0.2) is 5.78 Å². The monoisotopic (exact) mass is 462 g/mol. The Balaban J connectivity index is 1.57. The van der Waals surface area contributed by atoms with Crippen molar-refractivity contribution in [3.63, 3.8) is 0 Å². The lowest BCUT2D eigenvalue weighted by atomic mass is 9.35. The summed E-state index contributed by atoms with van der Waals surface area (Å²) in [5.41, 5.74) is -0.172. The molecule has 0 radical (unpaired) electrons. The van der Waals surface area contributed by atoms with Crippen molar-refractivity contribution in [2.75, 3.05) is 13.7 Å². The Morgan fingerprint density at radius 3 is 2.47 bits per heavy atom. The van der Waals surface area contributed by atoms with Crippen LogP contribution in [0.15, 0.2) is 23.3 Å². The summed E-state index contributed by atoms with van der Waals surface area (Å²) in [6.45, 7) is 12.3. The minimum absolute atomic E-state index is 0.0392. The van der Waals surface area contributed by atoms with Crippen LogP contribution in [0.2, 0.25) is 0 Å². The third-order valence-corrected chi connectivity index (χ3v) is 12.0. The molecule has 0 N–H and O–H groups in total. The second-order valence-electron chi connectivity index (χ2n) is 13.8. The van der Waals surface area contributed by atoms with E-state index in [0.29, 0.717) is 6.61 Å². The van der Waals surface area contributed by atoms with Gasteiger partial charge in [0.05, 0.1) is 6.61 Å². The molecule has 4 fully saturated rings. The van der Waals surface area contributed by atoms with Gasteiger partial charge >= 0.3 is 0 Å². The quantitative estimate of drug-likeness (QED) is 0.509. The van der Waals surface area contributed by atoms with Crippen LogP contribution in [0.1, 0.15) is 79.6 Å². The van der Waals surface area contributed by atoms with E-state index >= 15 is 0 Å². The Bertz CT molecular complexity index is 1130. The van der Waals surface area contributed by atoms with Crippen LogP contribution in [0.25, 0.3) is 0 Å². The SMILES string of the molecule is CN1C(=O)C(C#N)=C[C@]2(C)C3=CC(=O)[C@]45OC[C@@]6(CCC(C)(C)C[C@H]64)CC[C@@]5(C)[C@]3(C)CC[C@@H]12. The zero-order valence-corrected chi connectivity index (χ0v) is 21.6. The number of carbonyl (C=O) groups excluding carboxylic acids is 2. The number of nitriles is 1. The second kappa shape index (κ2) is 6.25. The fraction of sp³-hybridized carbons (Fsp3) is 0.759. The van der Waals surface area contributed by atoms with Crippen molar-refractivity contribution in [3.8, 4) is 6.07 Å². The first-order valence-corrected chi connectivity index (χ1v) is 13.1. The van der Waals surface area contributed by atoms with E-state index in [1.165, 1.54) is 6.42 Å². The second-order valence-corrected chi connectivity index (χ2v) is 13.8. The molecule has 6 aliphatic rings. The largest absolute Gasteiger partial charge is 0.365 e. The van der Waals surface area contributed by atoms with Crippen LogP contribution in [0.4, 0.5) is 0 Å². The molecule has 0 aromatic rings. The van der Waals surface area contributed by atoms with E-state index in [1.54, 1.807) is 4.90 Å². The first-order chi connectivity index (χ1) is 15.8. The molecule has 3 saturated carbocycles. The summed E-state index contributed by atoms with van der Waals surface area (Å²) in [5, 5.41) is 9.72. The van der Waals surface area contributed by atoms with Gasteiger partial charge in [-0.3, -0.25) is 9.59 Å². The lowest BCUT2D eigenvalue weighted by Crippen LogP contribution is -2.72. The van der Waals surface area contributed by atoms with E-state index in [-0.39, 0.29) is 50.9 Å². The zero-order chi connectivity index (χ0) is 24.5. The van der Waals surface area contributed by atoms with Crippen LogP contribution in [-0.4, -0.2) is 41.9 Å². The third-order valence-electron chi connectivity index (χ3n) is 12.0. The van der Waals surface area contributed by atoms with Gasteiger partial charge in [-0.15, -0.1) is 0 Å². The number of carbonyl (C=O) groups is 2. The average Bonchev–Trinajstić information content (AvgIpc) is 3.03. The van der Waals surface area contributed by atoms with E-state index in [1.807, 2.05) is 19.2 Å². The first kappa shape index (κ1) is 22.5. The standard InChI is InChI=1S/C29H38N2O3/c1-24(2)9-11-28-12-10-27(5)26(4)8-7-21-25(3,14-18(16-30)23(33)31(21)6)19(26)13-22(32)29(27,34-17-28)20(28)15-24/h13-14,20-21H,7-12,15,17H2,1-6H3/t20-,21-,25-,26-,27+,28-,29-/m1/s1. The minimum atomic E-state index is -0.761. The summed E-state index contributed by atoms with van der Waals surface area (Å²) < 4.78 is 6.85. The van der Waals surface area contributed by atoms with Crippen molar-refractivity contribution in [1.29, 1.82) is 5.26 Å². The van der Waals surface area contributed by atoms with Gasteiger partial charge in [0, 0.05) is 29.8 Å². The topological polar surface area (TPSA) is 70.4 Å². The molecular formula is C29H38N2O3. The molecule has 7 atom stereocenters. The van der Waals surface area contributed by atoms with Crippen molar-refractivity contribution in [3.05, 3.63) is 23.3 Å². The summed E-state index contributed by atoms with van der Waals surface area (Å²) in [5.74, 6) is 0.195. The van der Waals surface area contributed by atoms with Gasteiger partial charge < -0.3 is 9.64 Å². The highest BCUT2D eigenvalue weighted by Gasteiger charge is 2.79. The van der Waals surface area contributed by atoms with Crippen LogP contribution in [0, 0.1) is 44.3 Å². The fourth-order valence-corrected chi connectivity index (χ4v) is 9.84. The molecule has 182 valence electrons. The summed E-state index contributed by atoms with van der Waals surface area (Å²) in [6.07, 6.45) is 11.1. The van der Waals surface area contributed by atoms with Crippen molar-refractivity contribution < 1.29 is 14.3 Å². The van der Waals surface area contributed by atoms with E-state index in [4.69, 9.17) is 4.74 Å². The van der Waals surface area contributed by atoms with E-state index in [9.17, 15) is 14.9 Å². The van der Waals surface area contributed by atoms with Gasteiger partial charge in [0.1, 0.15) is 17.2 Å². The average molecular weight is 463 g/mol. The lowest BCUT2D eigenvalue weighted by Gasteiger charge is -2.69. The Morgan fingerprint density at radius 2 is 1.76 bits per heavy atom. The normalized spacial score (nSPS) is 50.8. The lowest BCUT2D eigenvalue weighted by molar-refractivity contribution is -0.204. The van der Waals surface area contributed by atoms with Crippen LogP contribution >= 0.6 is 0 Å². The van der Waals surface area contributed by atoms with Gasteiger partial charge in [0.2, 0.25) is 0 Å². The molecule has 5 heteroatoms. The molecule has 34 heavy (non-hydrogen) atoms. The van der Waals surface area contributed by atoms with E-state index in [2.05, 4.69) is 40.7 Å². The molecule has 1 amide bonds. The maximum atomic E-state index is 14.4. The van der Waals surface area contributed by atoms with Gasteiger partial charge in [0.25, 0.3) is 5.91 Å². The Morgan fingerprint density at radius 1 is 1.06 bits per heavy atom. The van der Waals surface area contributed by atoms with Crippen LogP contribution < -0.4 is 0 Å². The van der Waals surface area contributed by atoms with Crippen LogP contribution in [0.5, 0.6) is 0 Å². The molecule has 0 aromatic heterocycles. The van der Waals surface area contributed by atoms with Gasteiger partial charge in [-0.2, -0.15) is 5.26 Å². The number of nitrogens with zero attached hydrogens (tertiary/aromatic N) is 2. The summed E-state index contributed by atoms with van der Waals surface area (Å²) in [7, 11) is 1.81. The summed E-state index contributed by atoms with van der Waals surface area (Å²) >= 11 is 0. The molecule has 5 nitrogen and oxygen atoms in total. The van der Waals surface area contributed by atoms with Crippen LogP contribution in [-0.2, 0) is 14.3 Å². The van der Waals surface area contributed by atoms with Crippen LogP contribution in [0.3, 0.4) is 0 Å². The molecule has 0 aromatic carbocycles. The molecule has 0 unspecified atom stereocenters. The molecule has 2 heterocycles. The molecule has 1 spiro atoms. The predicted molar refractivity (Wildman–Crippen MR) is 128 cm³/mol. The number of ether oxygens (including phenoxy) is 1. The minimum Gasteiger partial charge on any atom is -0.365 e. The highest BCUT2D eigenvalue weighted by atomic mass is 16.5. The summed E-state index contributed by atoms with van der Waals surface area (Å²) in [6, 6.07) is 2.09. The maximum Gasteiger partial charge on any atom is 0.264 e. The van der Waals surface area contributed by atoms with Crippen molar-refractivity contribution >= 4 is 11.7 Å². The predicted octanol–water partition coefficient (Wildman–Crippen LogP) is 4.97.